The number of thiocarbonyl (C=S) groups is 1. The third-order valence-electron chi connectivity index (χ3n) is 3.13. The summed E-state index contributed by atoms with van der Waals surface area (Å²) in [5.41, 5.74) is 3.35. The van der Waals surface area contributed by atoms with Crippen LogP contribution in [0.25, 0.3) is 0 Å². The Morgan fingerprint density at radius 3 is 2.77 bits per heavy atom. The Bertz CT molecular complexity index is 632. The van der Waals surface area contributed by atoms with Gasteiger partial charge in [0.2, 0.25) is 0 Å². The number of hydrogen-bond acceptors (Lipinski definition) is 2. The maximum absolute atomic E-state index is 13.1. The number of halogens is 1. The number of aryl methyl sites for hydroxylation is 1. The highest BCUT2D eigenvalue weighted by atomic mass is 32.2. The summed E-state index contributed by atoms with van der Waals surface area (Å²) in [4.78, 5) is 0. The highest BCUT2D eigenvalue weighted by Crippen LogP contribution is 2.15. The largest absolute Gasteiger partial charge is 0.362 e. The smallest absolute Gasteiger partial charge is 0.170 e. The maximum Gasteiger partial charge on any atom is 0.170 e. The van der Waals surface area contributed by atoms with Crippen molar-refractivity contribution in [1.82, 2.24) is 5.32 Å². The van der Waals surface area contributed by atoms with E-state index in [1.807, 2.05) is 11.8 Å². The van der Waals surface area contributed by atoms with Crippen LogP contribution in [0.15, 0.2) is 48.5 Å². The molecule has 0 aromatic heterocycles. The molecule has 116 valence electrons. The van der Waals surface area contributed by atoms with Crippen LogP contribution in [-0.2, 0) is 5.75 Å². The molecule has 0 aliphatic carbocycles. The standard InChI is InChI=1S/C17H19FN2S2/c1-13-5-2-3-6-14(13)12-22-10-9-19-17(21)20-16-8-4-7-15(18)11-16/h2-8,11H,9-10,12H2,1H3,(H2,19,20,21). The molecular weight excluding hydrogens is 315 g/mol. The van der Waals surface area contributed by atoms with Crippen LogP contribution < -0.4 is 10.6 Å². The van der Waals surface area contributed by atoms with Crippen LogP contribution in [-0.4, -0.2) is 17.4 Å². The molecule has 2 N–H and O–H groups in total. The van der Waals surface area contributed by atoms with E-state index in [0.29, 0.717) is 10.8 Å². The molecule has 0 fully saturated rings. The summed E-state index contributed by atoms with van der Waals surface area (Å²) in [6, 6.07) is 14.7. The first-order valence-corrected chi connectivity index (χ1v) is 8.64. The first-order chi connectivity index (χ1) is 10.6. The van der Waals surface area contributed by atoms with Gasteiger partial charge in [-0.2, -0.15) is 11.8 Å². The lowest BCUT2D eigenvalue weighted by molar-refractivity contribution is 0.628. The van der Waals surface area contributed by atoms with E-state index in [-0.39, 0.29) is 5.82 Å². The topological polar surface area (TPSA) is 24.1 Å². The Labute approximate surface area is 140 Å². The second-order valence-electron chi connectivity index (χ2n) is 4.87. The number of thioether (sulfide) groups is 1. The average Bonchev–Trinajstić information content (AvgIpc) is 2.48. The van der Waals surface area contributed by atoms with Crippen molar-refractivity contribution < 1.29 is 4.39 Å². The Balaban J connectivity index is 1.64. The van der Waals surface area contributed by atoms with Crippen LogP contribution in [0.1, 0.15) is 11.1 Å². The summed E-state index contributed by atoms with van der Waals surface area (Å²) in [6.45, 7) is 2.91. The summed E-state index contributed by atoms with van der Waals surface area (Å²) in [5, 5.41) is 6.62. The van der Waals surface area contributed by atoms with Gasteiger partial charge in [0, 0.05) is 23.7 Å². The molecular formula is C17H19FN2S2. The Morgan fingerprint density at radius 1 is 1.18 bits per heavy atom. The third-order valence-corrected chi connectivity index (χ3v) is 4.39. The van der Waals surface area contributed by atoms with Gasteiger partial charge in [-0.1, -0.05) is 30.3 Å². The van der Waals surface area contributed by atoms with Gasteiger partial charge in [0.15, 0.2) is 5.11 Å². The molecule has 0 aliphatic heterocycles. The molecule has 2 aromatic rings. The minimum absolute atomic E-state index is 0.276. The Morgan fingerprint density at radius 2 is 2.00 bits per heavy atom. The van der Waals surface area contributed by atoms with Crippen molar-refractivity contribution in [3.8, 4) is 0 Å². The molecule has 0 unspecified atom stereocenters. The SMILES string of the molecule is Cc1ccccc1CSCCNC(=S)Nc1cccc(F)c1. The van der Waals surface area contributed by atoms with Gasteiger partial charge in [0.1, 0.15) is 5.82 Å². The summed E-state index contributed by atoms with van der Waals surface area (Å²) in [6.07, 6.45) is 0. The lowest BCUT2D eigenvalue weighted by Gasteiger charge is -2.10. The minimum atomic E-state index is -0.276. The Kier molecular flexibility index (Phi) is 6.68. The average molecular weight is 334 g/mol. The van der Waals surface area contributed by atoms with E-state index < -0.39 is 0 Å². The van der Waals surface area contributed by atoms with Crippen molar-refractivity contribution in [2.75, 3.05) is 17.6 Å². The van der Waals surface area contributed by atoms with Gasteiger partial charge < -0.3 is 10.6 Å². The predicted octanol–water partition coefficient (Wildman–Crippen LogP) is 4.35. The first kappa shape index (κ1) is 16.8. The highest BCUT2D eigenvalue weighted by molar-refractivity contribution is 7.98. The molecule has 5 heteroatoms. The molecule has 0 saturated heterocycles. The van der Waals surface area contributed by atoms with E-state index in [0.717, 1.165) is 18.1 Å². The van der Waals surface area contributed by atoms with Gasteiger partial charge >= 0.3 is 0 Å². The van der Waals surface area contributed by atoms with Crippen LogP contribution in [0, 0.1) is 12.7 Å². The van der Waals surface area contributed by atoms with Crippen molar-refractivity contribution in [2.24, 2.45) is 0 Å². The summed E-state index contributed by atoms with van der Waals surface area (Å²) >= 11 is 7.05. The molecule has 2 aromatic carbocycles. The van der Waals surface area contributed by atoms with Crippen molar-refractivity contribution in [3.63, 3.8) is 0 Å². The third kappa shape index (κ3) is 5.66. The van der Waals surface area contributed by atoms with Crippen LogP contribution in [0.3, 0.4) is 0 Å². The van der Waals surface area contributed by atoms with Crippen molar-refractivity contribution in [3.05, 3.63) is 65.5 Å². The van der Waals surface area contributed by atoms with E-state index in [4.69, 9.17) is 12.2 Å². The zero-order valence-corrected chi connectivity index (χ0v) is 14.1. The highest BCUT2D eigenvalue weighted by Gasteiger charge is 2.00. The van der Waals surface area contributed by atoms with E-state index in [1.165, 1.54) is 23.3 Å². The molecule has 0 radical (unpaired) electrons. The molecule has 0 atom stereocenters. The first-order valence-electron chi connectivity index (χ1n) is 7.08. The number of nitrogens with one attached hydrogen (secondary N) is 2. The molecule has 0 aliphatic rings. The Hall–Kier alpha value is -1.59. The van der Waals surface area contributed by atoms with Crippen LogP contribution in [0.5, 0.6) is 0 Å². The molecule has 22 heavy (non-hydrogen) atoms. The summed E-state index contributed by atoms with van der Waals surface area (Å²) in [5.74, 6) is 1.68. The lowest BCUT2D eigenvalue weighted by Crippen LogP contribution is -2.30. The zero-order chi connectivity index (χ0) is 15.8. The molecule has 0 amide bonds. The number of benzene rings is 2. The van der Waals surface area contributed by atoms with Crippen LogP contribution in [0.2, 0.25) is 0 Å². The van der Waals surface area contributed by atoms with Gasteiger partial charge in [-0.05, 0) is 48.5 Å². The predicted molar refractivity (Wildman–Crippen MR) is 98.0 cm³/mol. The maximum atomic E-state index is 13.1. The lowest BCUT2D eigenvalue weighted by atomic mass is 10.1. The minimum Gasteiger partial charge on any atom is -0.362 e. The molecule has 2 rings (SSSR count). The quantitative estimate of drug-likeness (QED) is 0.606. The number of anilines is 1. The normalized spacial score (nSPS) is 10.3. The molecule has 0 spiro atoms. The number of hydrogen-bond donors (Lipinski definition) is 2. The van der Waals surface area contributed by atoms with E-state index in [9.17, 15) is 4.39 Å². The fraction of sp³-hybridized carbons (Fsp3) is 0.235. The zero-order valence-electron chi connectivity index (χ0n) is 12.4. The van der Waals surface area contributed by atoms with Gasteiger partial charge in [-0.3, -0.25) is 0 Å². The second kappa shape index (κ2) is 8.76. The monoisotopic (exact) mass is 334 g/mol. The second-order valence-corrected chi connectivity index (χ2v) is 6.38. The van der Waals surface area contributed by atoms with Crippen molar-refractivity contribution >= 4 is 34.8 Å². The molecule has 2 nitrogen and oxygen atoms in total. The van der Waals surface area contributed by atoms with E-state index in [2.05, 4.69) is 41.8 Å². The molecule has 0 saturated carbocycles. The molecule has 0 heterocycles. The van der Waals surface area contributed by atoms with Gasteiger partial charge in [-0.25, -0.2) is 4.39 Å². The molecule has 0 bridgehead atoms. The summed E-state index contributed by atoms with van der Waals surface area (Å²) < 4.78 is 13.1. The van der Waals surface area contributed by atoms with Gasteiger partial charge in [0.25, 0.3) is 0 Å². The fourth-order valence-electron chi connectivity index (χ4n) is 1.93. The summed E-state index contributed by atoms with van der Waals surface area (Å²) in [7, 11) is 0. The number of rotatable bonds is 6. The van der Waals surface area contributed by atoms with Crippen molar-refractivity contribution in [2.45, 2.75) is 12.7 Å². The van der Waals surface area contributed by atoms with Gasteiger partial charge in [0.05, 0.1) is 0 Å². The van der Waals surface area contributed by atoms with Crippen molar-refractivity contribution in [1.29, 1.82) is 0 Å². The van der Waals surface area contributed by atoms with Crippen LogP contribution >= 0.6 is 24.0 Å². The van der Waals surface area contributed by atoms with E-state index in [1.54, 1.807) is 12.1 Å². The van der Waals surface area contributed by atoms with E-state index >= 15 is 0 Å². The van der Waals surface area contributed by atoms with Gasteiger partial charge in [-0.15, -0.1) is 0 Å². The fourth-order valence-corrected chi connectivity index (χ4v) is 3.09. The van der Waals surface area contributed by atoms with Crippen LogP contribution in [0.4, 0.5) is 10.1 Å².